The normalized spacial score (nSPS) is 16.2. The zero-order valence-electron chi connectivity index (χ0n) is 35.1. The maximum Gasteiger partial charge on any atom is 0.0679 e. The Labute approximate surface area is 372 Å². The van der Waals surface area contributed by atoms with Crippen molar-refractivity contribution < 1.29 is 0 Å². The molecule has 2 atom stereocenters. The molecule has 12 aromatic carbocycles. The Morgan fingerprint density at radius 1 is 0.328 bits per heavy atom. The third-order valence-electron chi connectivity index (χ3n) is 14.9. The molecule has 0 spiro atoms. The van der Waals surface area contributed by atoms with E-state index in [1.165, 1.54) is 115 Å². The standard InChI is InChI=1S/C63H41N/c1-3-17-45(18-4-1)63(46-19-5-2-6-20-46)56-25-13-11-23-54(56)62-61(63)55-24-12-14-26-57(55)64(62)58-38-37-49(48-21-9-10-22-51(48)58)50-34-30-42-31-35-52-47(33-29-41-32-36-53(50)60(42)59(41)52)44-28-27-40-15-7-8-16-43(40)39-44/h1-39,61-62H. The van der Waals surface area contributed by atoms with Gasteiger partial charge in [-0.05, 0) is 117 Å². The first-order chi connectivity index (χ1) is 31.8. The van der Waals surface area contributed by atoms with Gasteiger partial charge in [0.05, 0.1) is 11.5 Å². The van der Waals surface area contributed by atoms with E-state index in [0.717, 1.165) is 0 Å². The van der Waals surface area contributed by atoms with Gasteiger partial charge in [-0.25, -0.2) is 0 Å². The molecular weight excluding hydrogens is 771 g/mol. The fraction of sp³-hybridized carbons (Fsp3) is 0.0476. The van der Waals surface area contributed by atoms with Crippen LogP contribution in [0, 0.1) is 0 Å². The maximum absolute atomic E-state index is 2.69. The van der Waals surface area contributed by atoms with Crippen LogP contribution < -0.4 is 4.90 Å². The minimum absolute atomic E-state index is 0.0783. The van der Waals surface area contributed by atoms with Gasteiger partial charge >= 0.3 is 0 Å². The molecule has 1 aliphatic carbocycles. The van der Waals surface area contributed by atoms with Crippen LogP contribution in [0.3, 0.4) is 0 Å². The Hall–Kier alpha value is -8.00. The number of nitrogens with zero attached hydrogens (tertiary/aromatic N) is 1. The van der Waals surface area contributed by atoms with Gasteiger partial charge in [0.1, 0.15) is 0 Å². The molecule has 1 aliphatic heterocycles. The van der Waals surface area contributed by atoms with Crippen molar-refractivity contribution in [1.29, 1.82) is 0 Å². The fourth-order valence-electron chi connectivity index (χ4n) is 12.4. The largest absolute Gasteiger partial charge is 0.332 e. The lowest BCUT2D eigenvalue weighted by Gasteiger charge is -2.38. The van der Waals surface area contributed by atoms with Crippen LogP contribution in [-0.4, -0.2) is 0 Å². The molecule has 0 bridgehead atoms. The van der Waals surface area contributed by atoms with Gasteiger partial charge in [-0.3, -0.25) is 0 Å². The van der Waals surface area contributed by atoms with E-state index < -0.39 is 0 Å². The van der Waals surface area contributed by atoms with Crippen molar-refractivity contribution in [1.82, 2.24) is 0 Å². The van der Waals surface area contributed by atoms with Crippen molar-refractivity contribution in [3.05, 3.63) is 264 Å². The summed E-state index contributed by atoms with van der Waals surface area (Å²) in [6.07, 6.45) is 0. The quantitative estimate of drug-likeness (QED) is 0.157. The summed E-state index contributed by atoms with van der Waals surface area (Å²) in [5.41, 5.74) is 14.0. The van der Waals surface area contributed by atoms with Crippen LogP contribution in [0.25, 0.3) is 76.1 Å². The van der Waals surface area contributed by atoms with Crippen LogP contribution in [0.15, 0.2) is 237 Å². The number of para-hydroxylation sites is 1. The molecule has 0 radical (unpaired) electrons. The van der Waals surface area contributed by atoms with E-state index in [1.807, 2.05) is 0 Å². The predicted molar refractivity (Wildman–Crippen MR) is 269 cm³/mol. The van der Waals surface area contributed by atoms with Crippen LogP contribution in [0.2, 0.25) is 0 Å². The van der Waals surface area contributed by atoms with Crippen LogP contribution in [0.5, 0.6) is 0 Å². The predicted octanol–water partition coefficient (Wildman–Crippen LogP) is 16.5. The lowest BCUT2D eigenvalue weighted by molar-refractivity contribution is 0.482. The summed E-state index contributed by atoms with van der Waals surface area (Å²) < 4.78 is 0. The highest BCUT2D eigenvalue weighted by Gasteiger charge is 2.60. The number of rotatable bonds is 5. The van der Waals surface area contributed by atoms with Crippen molar-refractivity contribution in [2.24, 2.45) is 0 Å². The van der Waals surface area contributed by atoms with Crippen molar-refractivity contribution in [2.75, 3.05) is 4.90 Å². The van der Waals surface area contributed by atoms with Gasteiger partial charge in [-0.1, -0.05) is 218 Å². The molecule has 2 aliphatic rings. The van der Waals surface area contributed by atoms with Gasteiger partial charge in [-0.2, -0.15) is 0 Å². The summed E-state index contributed by atoms with van der Waals surface area (Å²) in [6.45, 7) is 0. The van der Waals surface area contributed by atoms with E-state index >= 15 is 0 Å². The van der Waals surface area contributed by atoms with E-state index in [2.05, 4.69) is 241 Å². The number of anilines is 2. The second-order valence-corrected chi connectivity index (χ2v) is 17.9. The second-order valence-electron chi connectivity index (χ2n) is 17.9. The minimum atomic E-state index is -0.389. The molecule has 0 amide bonds. The summed E-state index contributed by atoms with van der Waals surface area (Å²) in [4.78, 5) is 2.69. The summed E-state index contributed by atoms with van der Waals surface area (Å²) in [7, 11) is 0. The summed E-state index contributed by atoms with van der Waals surface area (Å²) in [5, 5.41) is 12.8. The monoisotopic (exact) mass is 811 g/mol. The van der Waals surface area contributed by atoms with Gasteiger partial charge in [-0.15, -0.1) is 0 Å². The molecule has 1 heterocycles. The molecule has 0 saturated heterocycles. The number of hydrogen-bond acceptors (Lipinski definition) is 1. The third kappa shape index (κ3) is 4.79. The Balaban J connectivity index is 0.975. The van der Waals surface area contributed by atoms with Gasteiger partial charge in [0.2, 0.25) is 0 Å². The first-order valence-corrected chi connectivity index (χ1v) is 22.6. The van der Waals surface area contributed by atoms with E-state index in [0.29, 0.717) is 0 Å². The molecule has 2 unspecified atom stereocenters. The van der Waals surface area contributed by atoms with Crippen molar-refractivity contribution in [3.8, 4) is 22.3 Å². The lowest BCUT2D eigenvalue weighted by atomic mass is 9.63. The van der Waals surface area contributed by atoms with E-state index in [1.54, 1.807) is 0 Å². The average Bonchev–Trinajstić information content (AvgIpc) is 3.87. The third-order valence-corrected chi connectivity index (χ3v) is 14.9. The highest BCUT2D eigenvalue weighted by atomic mass is 15.2. The number of hydrogen-bond donors (Lipinski definition) is 0. The molecule has 64 heavy (non-hydrogen) atoms. The summed E-state index contributed by atoms with van der Waals surface area (Å²) in [6, 6.07) is 89.2. The van der Waals surface area contributed by atoms with Crippen molar-refractivity contribution in [2.45, 2.75) is 17.4 Å². The zero-order valence-corrected chi connectivity index (χ0v) is 35.1. The molecule has 0 aromatic heterocycles. The molecular formula is C63H41N. The molecule has 1 heteroatoms. The Kier molecular flexibility index (Phi) is 7.50. The smallest absolute Gasteiger partial charge is 0.0679 e. The van der Waals surface area contributed by atoms with Crippen molar-refractivity contribution >= 4 is 65.2 Å². The molecule has 0 N–H and O–H groups in total. The fourth-order valence-corrected chi connectivity index (χ4v) is 12.4. The van der Waals surface area contributed by atoms with E-state index in [4.69, 9.17) is 0 Å². The van der Waals surface area contributed by atoms with Crippen LogP contribution in [0.1, 0.15) is 39.8 Å². The topological polar surface area (TPSA) is 3.24 Å². The zero-order chi connectivity index (χ0) is 41.9. The van der Waals surface area contributed by atoms with E-state index in [-0.39, 0.29) is 17.4 Å². The summed E-state index contributed by atoms with van der Waals surface area (Å²) in [5.74, 6) is 0.140. The highest BCUT2D eigenvalue weighted by molar-refractivity contribution is 6.28. The number of benzene rings is 12. The summed E-state index contributed by atoms with van der Waals surface area (Å²) >= 11 is 0. The Bertz CT molecular complexity index is 3770. The Morgan fingerprint density at radius 3 is 1.61 bits per heavy atom. The molecule has 14 rings (SSSR count). The van der Waals surface area contributed by atoms with Gasteiger partial charge < -0.3 is 4.90 Å². The van der Waals surface area contributed by atoms with Crippen LogP contribution in [0.4, 0.5) is 11.4 Å². The van der Waals surface area contributed by atoms with Gasteiger partial charge in [0.15, 0.2) is 0 Å². The molecule has 0 fully saturated rings. The average molecular weight is 812 g/mol. The second kappa shape index (κ2) is 13.5. The van der Waals surface area contributed by atoms with E-state index in [9.17, 15) is 0 Å². The minimum Gasteiger partial charge on any atom is -0.332 e. The maximum atomic E-state index is 2.69. The molecule has 12 aromatic rings. The first kappa shape index (κ1) is 35.6. The molecule has 0 saturated carbocycles. The SMILES string of the molecule is c1ccc(C2(c3ccccc3)c3ccccc3C3C2c2ccccc2N3c2ccc(-c3ccc4ccc5c(-c6ccc7ccccc7c6)ccc6ccc3c4c65)c3ccccc23)cc1. The Morgan fingerprint density at radius 2 is 0.859 bits per heavy atom. The highest BCUT2D eigenvalue weighted by Crippen LogP contribution is 2.69. The van der Waals surface area contributed by atoms with Crippen molar-refractivity contribution in [3.63, 3.8) is 0 Å². The lowest BCUT2D eigenvalue weighted by Crippen LogP contribution is -2.34. The van der Waals surface area contributed by atoms with Gasteiger partial charge in [0.25, 0.3) is 0 Å². The molecule has 1 nitrogen and oxygen atoms in total. The molecule has 298 valence electrons. The van der Waals surface area contributed by atoms with Crippen LogP contribution in [-0.2, 0) is 5.41 Å². The van der Waals surface area contributed by atoms with Crippen LogP contribution >= 0.6 is 0 Å². The number of fused-ring (bicyclic) bond motifs is 7. The van der Waals surface area contributed by atoms with Gasteiger partial charge in [0, 0.05) is 22.7 Å². The first-order valence-electron chi connectivity index (χ1n) is 22.6.